The molecule has 2 rings (SSSR count). The molecular formula is C27H45F. The fourth-order valence-electron chi connectivity index (χ4n) is 4.97. The second-order valence-electron chi connectivity index (χ2n) is 9.30. The highest BCUT2D eigenvalue weighted by Gasteiger charge is 2.21. The number of rotatable bonds is 15. The van der Waals surface area contributed by atoms with Gasteiger partial charge in [-0.1, -0.05) is 109 Å². The standard InChI is InChI=1S/C27H45F/c1-2-3-4-5-6-7-8-9-10-11-12-13-14-15-24-16-18-25(19-17-24)26-20-22-27(28)23-21-26/h20-25H,2-19H2,1H3/t24-,25-. The predicted octanol–water partition coefficient (Wildman–Crippen LogP) is 9.58. The highest BCUT2D eigenvalue weighted by atomic mass is 19.1. The first-order valence-electron chi connectivity index (χ1n) is 12.5. The average molecular weight is 389 g/mol. The second-order valence-corrected chi connectivity index (χ2v) is 9.30. The van der Waals surface area contributed by atoms with Crippen molar-refractivity contribution in [1.29, 1.82) is 0 Å². The van der Waals surface area contributed by atoms with Crippen molar-refractivity contribution in [3.63, 3.8) is 0 Å². The van der Waals surface area contributed by atoms with Crippen molar-refractivity contribution in [2.45, 2.75) is 128 Å². The fraction of sp³-hybridized carbons (Fsp3) is 0.778. The SMILES string of the molecule is CCCCCCCCCCCCCCC[C@H]1CC[C@H](c2ccc(F)cc2)CC1. The molecule has 1 aromatic carbocycles. The van der Waals surface area contributed by atoms with Crippen LogP contribution in [0.3, 0.4) is 0 Å². The molecule has 0 atom stereocenters. The monoisotopic (exact) mass is 388 g/mol. The van der Waals surface area contributed by atoms with Gasteiger partial charge in [0.2, 0.25) is 0 Å². The molecule has 1 aliphatic rings. The molecule has 0 radical (unpaired) electrons. The van der Waals surface area contributed by atoms with Crippen LogP contribution in [0.4, 0.5) is 4.39 Å². The summed E-state index contributed by atoms with van der Waals surface area (Å²) in [5.41, 5.74) is 1.35. The van der Waals surface area contributed by atoms with Crippen molar-refractivity contribution in [1.82, 2.24) is 0 Å². The Kier molecular flexibility index (Phi) is 12.6. The Balaban J connectivity index is 1.37. The highest BCUT2D eigenvalue weighted by molar-refractivity contribution is 5.20. The molecule has 0 bridgehead atoms. The van der Waals surface area contributed by atoms with Gasteiger partial charge in [-0.2, -0.15) is 0 Å². The number of unbranched alkanes of at least 4 members (excludes halogenated alkanes) is 12. The molecule has 0 nitrogen and oxygen atoms in total. The largest absolute Gasteiger partial charge is 0.207 e. The third kappa shape index (κ3) is 10.1. The Morgan fingerprint density at radius 3 is 1.61 bits per heavy atom. The minimum atomic E-state index is -0.111. The molecule has 160 valence electrons. The molecule has 1 heteroatoms. The van der Waals surface area contributed by atoms with E-state index in [1.807, 2.05) is 12.1 Å². The van der Waals surface area contributed by atoms with Crippen LogP contribution < -0.4 is 0 Å². The molecule has 0 aromatic heterocycles. The molecule has 0 unspecified atom stereocenters. The Morgan fingerprint density at radius 2 is 1.11 bits per heavy atom. The number of hydrogen-bond donors (Lipinski definition) is 0. The zero-order valence-electron chi connectivity index (χ0n) is 18.6. The summed E-state index contributed by atoms with van der Waals surface area (Å²) in [6.45, 7) is 2.29. The molecule has 0 saturated heterocycles. The van der Waals surface area contributed by atoms with Gasteiger partial charge in [0.05, 0.1) is 0 Å². The van der Waals surface area contributed by atoms with E-state index in [4.69, 9.17) is 0 Å². The predicted molar refractivity (Wildman–Crippen MR) is 121 cm³/mol. The maximum Gasteiger partial charge on any atom is 0.123 e. The second kappa shape index (κ2) is 15.1. The normalized spacial score (nSPS) is 19.8. The van der Waals surface area contributed by atoms with E-state index < -0.39 is 0 Å². The van der Waals surface area contributed by atoms with E-state index in [0.29, 0.717) is 5.92 Å². The van der Waals surface area contributed by atoms with E-state index >= 15 is 0 Å². The molecule has 0 N–H and O–H groups in total. The van der Waals surface area contributed by atoms with Crippen molar-refractivity contribution in [2.75, 3.05) is 0 Å². The van der Waals surface area contributed by atoms with Crippen molar-refractivity contribution < 1.29 is 4.39 Å². The molecule has 0 amide bonds. The molecule has 1 aromatic rings. The van der Waals surface area contributed by atoms with Crippen LogP contribution in [0, 0.1) is 11.7 Å². The molecule has 0 spiro atoms. The minimum Gasteiger partial charge on any atom is -0.207 e. The van der Waals surface area contributed by atoms with Gasteiger partial charge in [-0.15, -0.1) is 0 Å². The van der Waals surface area contributed by atoms with Crippen LogP contribution in [-0.4, -0.2) is 0 Å². The summed E-state index contributed by atoms with van der Waals surface area (Å²) in [5.74, 6) is 1.51. The van der Waals surface area contributed by atoms with Crippen molar-refractivity contribution in [2.24, 2.45) is 5.92 Å². The fourth-order valence-corrected chi connectivity index (χ4v) is 4.97. The summed E-state index contributed by atoms with van der Waals surface area (Å²) in [6, 6.07) is 7.23. The quantitative estimate of drug-likeness (QED) is 0.262. The van der Waals surface area contributed by atoms with Gasteiger partial charge in [-0.3, -0.25) is 0 Å². The van der Waals surface area contributed by atoms with E-state index in [9.17, 15) is 4.39 Å². The Labute approximate surface area is 174 Å². The lowest BCUT2D eigenvalue weighted by molar-refractivity contribution is 0.301. The Bertz CT molecular complexity index is 470. The first kappa shape index (κ1) is 23.4. The van der Waals surface area contributed by atoms with E-state index in [0.717, 1.165) is 5.92 Å². The van der Waals surface area contributed by atoms with Gasteiger partial charge in [0.15, 0.2) is 0 Å². The summed E-state index contributed by atoms with van der Waals surface area (Å²) in [7, 11) is 0. The van der Waals surface area contributed by atoms with Crippen LogP contribution in [0.15, 0.2) is 24.3 Å². The molecule has 0 aliphatic heterocycles. The average Bonchev–Trinajstić information content (AvgIpc) is 2.72. The molecule has 1 fully saturated rings. The Hall–Kier alpha value is -0.850. The summed E-state index contributed by atoms with van der Waals surface area (Å²) in [6.07, 6.45) is 25.6. The molecule has 28 heavy (non-hydrogen) atoms. The zero-order chi connectivity index (χ0) is 19.9. The topological polar surface area (TPSA) is 0 Å². The zero-order valence-corrected chi connectivity index (χ0v) is 18.6. The summed E-state index contributed by atoms with van der Waals surface area (Å²) < 4.78 is 13.1. The van der Waals surface area contributed by atoms with Gasteiger partial charge < -0.3 is 0 Å². The van der Waals surface area contributed by atoms with Gasteiger partial charge in [0, 0.05) is 0 Å². The van der Waals surface area contributed by atoms with Crippen LogP contribution >= 0.6 is 0 Å². The van der Waals surface area contributed by atoms with Gasteiger partial charge in [-0.05, 0) is 55.2 Å². The van der Waals surface area contributed by atoms with Crippen molar-refractivity contribution in [3.05, 3.63) is 35.6 Å². The van der Waals surface area contributed by atoms with Gasteiger partial charge >= 0.3 is 0 Å². The minimum absolute atomic E-state index is 0.111. The van der Waals surface area contributed by atoms with Crippen molar-refractivity contribution in [3.8, 4) is 0 Å². The van der Waals surface area contributed by atoms with Gasteiger partial charge in [-0.25, -0.2) is 4.39 Å². The Morgan fingerprint density at radius 1 is 0.643 bits per heavy atom. The highest BCUT2D eigenvalue weighted by Crippen LogP contribution is 2.37. The number of benzene rings is 1. The summed E-state index contributed by atoms with van der Waals surface area (Å²) in [4.78, 5) is 0. The molecule has 1 saturated carbocycles. The van der Waals surface area contributed by atoms with E-state index in [1.165, 1.54) is 121 Å². The molecule has 0 heterocycles. The van der Waals surface area contributed by atoms with Crippen LogP contribution in [0.5, 0.6) is 0 Å². The smallest absolute Gasteiger partial charge is 0.123 e. The van der Waals surface area contributed by atoms with Gasteiger partial charge in [0.1, 0.15) is 5.82 Å². The molecule has 1 aliphatic carbocycles. The van der Waals surface area contributed by atoms with E-state index in [1.54, 1.807) is 12.1 Å². The van der Waals surface area contributed by atoms with Crippen LogP contribution in [-0.2, 0) is 0 Å². The van der Waals surface area contributed by atoms with Gasteiger partial charge in [0.25, 0.3) is 0 Å². The lowest BCUT2D eigenvalue weighted by Crippen LogP contribution is -2.13. The van der Waals surface area contributed by atoms with Crippen molar-refractivity contribution >= 4 is 0 Å². The first-order chi connectivity index (χ1) is 13.8. The van der Waals surface area contributed by atoms with Crippen LogP contribution in [0.2, 0.25) is 0 Å². The lowest BCUT2D eigenvalue weighted by atomic mass is 9.77. The molecular weight excluding hydrogens is 343 g/mol. The summed E-state index contributed by atoms with van der Waals surface area (Å²) >= 11 is 0. The third-order valence-electron chi connectivity index (χ3n) is 6.90. The lowest BCUT2D eigenvalue weighted by Gasteiger charge is -2.28. The number of halogens is 1. The maximum atomic E-state index is 13.1. The first-order valence-corrected chi connectivity index (χ1v) is 12.5. The number of hydrogen-bond acceptors (Lipinski definition) is 0. The van der Waals surface area contributed by atoms with E-state index in [2.05, 4.69) is 6.92 Å². The van der Waals surface area contributed by atoms with Crippen LogP contribution in [0.1, 0.15) is 134 Å². The maximum absolute atomic E-state index is 13.1. The van der Waals surface area contributed by atoms with E-state index in [-0.39, 0.29) is 5.82 Å². The third-order valence-corrected chi connectivity index (χ3v) is 6.90. The van der Waals surface area contributed by atoms with Crippen LogP contribution in [0.25, 0.3) is 0 Å². The summed E-state index contributed by atoms with van der Waals surface area (Å²) in [5, 5.41) is 0.